The summed E-state index contributed by atoms with van der Waals surface area (Å²) in [6.45, 7) is 0. The first-order valence-corrected chi connectivity index (χ1v) is 3.69. The summed E-state index contributed by atoms with van der Waals surface area (Å²) in [5.41, 5.74) is 0.569. The number of aliphatic carboxylic acids is 1. The van der Waals surface area contributed by atoms with E-state index in [-0.39, 0.29) is 0 Å². The van der Waals surface area contributed by atoms with Crippen molar-refractivity contribution in [2.45, 2.75) is 6.10 Å². The van der Waals surface area contributed by atoms with Gasteiger partial charge in [-0.25, -0.2) is 4.79 Å². The molecule has 2 N–H and O–H groups in total. The first-order chi connectivity index (χ1) is 6.20. The zero-order valence-electron chi connectivity index (χ0n) is 6.79. The van der Waals surface area contributed by atoms with Crippen LogP contribution in [0.2, 0.25) is 0 Å². The molecule has 0 aliphatic rings. The monoisotopic (exact) mass is 179 g/mol. The Morgan fingerprint density at radius 1 is 1.62 bits per heavy atom. The van der Waals surface area contributed by atoms with Gasteiger partial charge in [0, 0.05) is 24.0 Å². The number of carbonyl (C=O) groups is 1. The smallest absolute Gasteiger partial charge is 0.328 e. The van der Waals surface area contributed by atoms with Crippen molar-refractivity contribution in [3.8, 4) is 0 Å². The highest BCUT2D eigenvalue weighted by molar-refractivity contribution is 5.79. The van der Waals surface area contributed by atoms with Gasteiger partial charge in [0.25, 0.3) is 0 Å². The van der Waals surface area contributed by atoms with E-state index in [1.165, 1.54) is 12.3 Å². The van der Waals surface area contributed by atoms with E-state index >= 15 is 0 Å². The molecule has 1 rings (SSSR count). The van der Waals surface area contributed by atoms with Crippen molar-refractivity contribution in [3.63, 3.8) is 0 Å². The second-order valence-electron chi connectivity index (χ2n) is 2.43. The molecule has 0 amide bonds. The van der Waals surface area contributed by atoms with Gasteiger partial charge in [-0.05, 0) is 12.1 Å². The number of aliphatic hydroxyl groups excluding tert-OH is 1. The van der Waals surface area contributed by atoms with Gasteiger partial charge in [0.1, 0.15) is 0 Å². The van der Waals surface area contributed by atoms with Crippen LogP contribution in [-0.2, 0) is 4.79 Å². The lowest BCUT2D eigenvalue weighted by Gasteiger charge is -2.02. The Morgan fingerprint density at radius 2 is 2.38 bits per heavy atom. The van der Waals surface area contributed by atoms with Crippen molar-refractivity contribution in [2.75, 3.05) is 0 Å². The molecule has 1 aromatic heterocycles. The van der Waals surface area contributed by atoms with Crippen LogP contribution in [0.3, 0.4) is 0 Å². The minimum absolute atomic E-state index is 0.569. The zero-order valence-corrected chi connectivity index (χ0v) is 6.79. The van der Waals surface area contributed by atoms with Crippen LogP contribution in [0.4, 0.5) is 0 Å². The van der Waals surface area contributed by atoms with E-state index in [0.29, 0.717) is 5.56 Å². The third kappa shape index (κ3) is 3.04. The van der Waals surface area contributed by atoms with Crippen molar-refractivity contribution in [3.05, 3.63) is 42.2 Å². The minimum atomic E-state index is -1.08. The number of pyridine rings is 1. The van der Waals surface area contributed by atoms with Crippen LogP contribution < -0.4 is 0 Å². The van der Waals surface area contributed by atoms with Crippen LogP contribution in [0.15, 0.2) is 36.7 Å². The fourth-order valence-electron chi connectivity index (χ4n) is 0.835. The third-order valence-corrected chi connectivity index (χ3v) is 1.45. The van der Waals surface area contributed by atoms with E-state index in [1.807, 2.05) is 0 Å². The summed E-state index contributed by atoms with van der Waals surface area (Å²) in [6, 6.07) is 3.34. The molecule has 1 aromatic rings. The molecular formula is C9H9NO3. The van der Waals surface area contributed by atoms with Crippen LogP contribution in [0, 0.1) is 0 Å². The Labute approximate surface area is 75.2 Å². The minimum Gasteiger partial charge on any atom is -0.478 e. The van der Waals surface area contributed by atoms with Gasteiger partial charge < -0.3 is 10.2 Å². The van der Waals surface area contributed by atoms with E-state index in [1.54, 1.807) is 18.3 Å². The molecular weight excluding hydrogens is 170 g/mol. The number of aliphatic hydroxyl groups is 1. The molecule has 68 valence electrons. The van der Waals surface area contributed by atoms with Crippen molar-refractivity contribution in [1.29, 1.82) is 0 Å². The fraction of sp³-hybridized carbons (Fsp3) is 0.111. The highest BCUT2D eigenvalue weighted by Gasteiger charge is 2.02. The van der Waals surface area contributed by atoms with Crippen molar-refractivity contribution < 1.29 is 15.0 Å². The third-order valence-electron chi connectivity index (χ3n) is 1.45. The molecule has 0 radical (unpaired) electrons. The maximum Gasteiger partial charge on any atom is 0.328 e. The van der Waals surface area contributed by atoms with E-state index in [0.717, 1.165) is 6.08 Å². The summed E-state index contributed by atoms with van der Waals surface area (Å²) in [4.78, 5) is 13.9. The maximum absolute atomic E-state index is 10.1. The molecule has 1 heterocycles. The van der Waals surface area contributed by atoms with Crippen LogP contribution >= 0.6 is 0 Å². The summed E-state index contributed by atoms with van der Waals surface area (Å²) < 4.78 is 0. The van der Waals surface area contributed by atoms with Gasteiger partial charge in [-0.3, -0.25) is 4.98 Å². The van der Waals surface area contributed by atoms with Gasteiger partial charge in [0.05, 0.1) is 6.10 Å². The van der Waals surface area contributed by atoms with Gasteiger partial charge in [0.15, 0.2) is 0 Å². The molecule has 1 unspecified atom stereocenters. The van der Waals surface area contributed by atoms with E-state index in [9.17, 15) is 9.90 Å². The predicted octanol–water partition coefficient (Wildman–Crippen LogP) is 0.756. The second-order valence-corrected chi connectivity index (χ2v) is 2.43. The van der Waals surface area contributed by atoms with Crippen LogP contribution in [0.1, 0.15) is 11.7 Å². The van der Waals surface area contributed by atoms with Crippen molar-refractivity contribution in [1.82, 2.24) is 4.98 Å². The Balaban J connectivity index is 2.69. The Hall–Kier alpha value is -1.68. The van der Waals surface area contributed by atoms with Crippen molar-refractivity contribution in [2.24, 2.45) is 0 Å². The topological polar surface area (TPSA) is 70.4 Å². The average Bonchev–Trinajstić information content (AvgIpc) is 2.15. The Kier molecular flexibility index (Phi) is 3.16. The summed E-state index contributed by atoms with van der Waals surface area (Å²) >= 11 is 0. The number of rotatable bonds is 3. The number of hydrogen-bond donors (Lipinski definition) is 2. The average molecular weight is 179 g/mol. The summed E-state index contributed by atoms with van der Waals surface area (Å²) in [7, 11) is 0. The molecule has 4 heteroatoms. The lowest BCUT2D eigenvalue weighted by atomic mass is 10.1. The van der Waals surface area contributed by atoms with Gasteiger partial charge in [-0.2, -0.15) is 0 Å². The number of carboxylic acids is 1. The summed E-state index contributed by atoms with van der Waals surface area (Å²) in [5, 5.41) is 17.7. The molecule has 0 fully saturated rings. The molecule has 0 aromatic carbocycles. The Bertz CT molecular complexity index is 308. The number of hydrogen-bond acceptors (Lipinski definition) is 3. The molecule has 0 saturated carbocycles. The number of nitrogens with zero attached hydrogens (tertiary/aromatic N) is 1. The van der Waals surface area contributed by atoms with Gasteiger partial charge >= 0.3 is 5.97 Å². The zero-order chi connectivity index (χ0) is 9.68. The molecule has 0 aliphatic heterocycles. The van der Waals surface area contributed by atoms with Crippen LogP contribution in [0.25, 0.3) is 0 Å². The molecule has 0 bridgehead atoms. The van der Waals surface area contributed by atoms with E-state index in [2.05, 4.69) is 4.98 Å². The van der Waals surface area contributed by atoms with Crippen LogP contribution in [-0.4, -0.2) is 21.2 Å². The molecule has 4 nitrogen and oxygen atoms in total. The lowest BCUT2D eigenvalue weighted by molar-refractivity contribution is -0.131. The SMILES string of the molecule is O=C(O)C=CC(O)c1cccnc1. The largest absolute Gasteiger partial charge is 0.478 e. The fourth-order valence-corrected chi connectivity index (χ4v) is 0.835. The summed E-state index contributed by atoms with van der Waals surface area (Å²) in [6.07, 6.45) is 4.25. The molecule has 1 atom stereocenters. The highest BCUT2D eigenvalue weighted by Crippen LogP contribution is 2.11. The second kappa shape index (κ2) is 4.37. The predicted molar refractivity (Wildman–Crippen MR) is 46.0 cm³/mol. The molecule has 13 heavy (non-hydrogen) atoms. The Morgan fingerprint density at radius 3 is 2.92 bits per heavy atom. The molecule has 0 saturated heterocycles. The molecule has 0 spiro atoms. The normalized spacial score (nSPS) is 13.0. The maximum atomic E-state index is 10.1. The standard InChI is InChI=1S/C9H9NO3/c11-8(3-4-9(12)13)7-2-1-5-10-6-7/h1-6,8,11H,(H,12,13). The van der Waals surface area contributed by atoms with Gasteiger partial charge in [0.2, 0.25) is 0 Å². The number of aromatic nitrogens is 1. The first kappa shape index (κ1) is 9.41. The van der Waals surface area contributed by atoms with E-state index in [4.69, 9.17) is 5.11 Å². The quantitative estimate of drug-likeness (QED) is 0.672. The van der Waals surface area contributed by atoms with Crippen LogP contribution in [0.5, 0.6) is 0 Å². The van der Waals surface area contributed by atoms with Crippen molar-refractivity contribution >= 4 is 5.97 Å². The lowest BCUT2D eigenvalue weighted by Crippen LogP contribution is -1.95. The number of carboxylic acid groups (broad SMARTS) is 1. The summed E-state index contributed by atoms with van der Waals surface area (Å²) in [5.74, 6) is -1.08. The molecule has 0 aliphatic carbocycles. The highest BCUT2D eigenvalue weighted by atomic mass is 16.4. The van der Waals surface area contributed by atoms with Gasteiger partial charge in [-0.1, -0.05) is 6.07 Å². The van der Waals surface area contributed by atoms with E-state index < -0.39 is 12.1 Å². The first-order valence-electron chi connectivity index (χ1n) is 3.69. The van der Waals surface area contributed by atoms with Gasteiger partial charge in [-0.15, -0.1) is 0 Å².